The lowest BCUT2D eigenvalue weighted by Gasteiger charge is -2.18. The SMILES string of the molecule is CCCNC1=NS(=O)(=O)c2cc([N+](=O)[O-])ccc2N1. The number of anilines is 1. The van der Waals surface area contributed by atoms with E-state index < -0.39 is 14.9 Å². The maximum absolute atomic E-state index is 11.9. The molecule has 0 aliphatic carbocycles. The second-order valence-electron chi connectivity index (χ2n) is 3.90. The third-order valence-corrected chi connectivity index (χ3v) is 3.78. The topological polar surface area (TPSA) is 114 Å². The van der Waals surface area contributed by atoms with Crippen LogP contribution in [0.25, 0.3) is 0 Å². The van der Waals surface area contributed by atoms with Gasteiger partial charge in [-0.2, -0.15) is 8.42 Å². The number of sulfonamides is 1. The first-order valence-electron chi connectivity index (χ1n) is 5.58. The lowest BCUT2D eigenvalue weighted by atomic mass is 10.3. The van der Waals surface area contributed by atoms with Crippen LogP contribution in [-0.2, 0) is 10.0 Å². The first-order valence-corrected chi connectivity index (χ1v) is 7.02. The molecule has 0 bridgehead atoms. The highest BCUT2D eigenvalue weighted by Gasteiger charge is 2.27. The van der Waals surface area contributed by atoms with E-state index >= 15 is 0 Å². The molecular formula is C10H12N4O4S. The van der Waals surface area contributed by atoms with Crippen LogP contribution in [0.5, 0.6) is 0 Å². The number of benzene rings is 1. The van der Waals surface area contributed by atoms with Crippen molar-refractivity contribution in [2.45, 2.75) is 18.2 Å². The summed E-state index contributed by atoms with van der Waals surface area (Å²) >= 11 is 0. The summed E-state index contributed by atoms with van der Waals surface area (Å²) in [5, 5.41) is 16.3. The Kier molecular flexibility index (Phi) is 3.38. The summed E-state index contributed by atoms with van der Waals surface area (Å²) in [5.41, 5.74) is -0.0107. The molecular weight excluding hydrogens is 272 g/mol. The number of hydrogen-bond donors (Lipinski definition) is 2. The molecule has 0 unspecified atom stereocenters. The molecule has 2 rings (SSSR count). The Bertz CT molecular complexity index is 653. The van der Waals surface area contributed by atoms with Gasteiger partial charge in [0.2, 0.25) is 5.96 Å². The van der Waals surface area contributed by atoms with Gasteiger partial charge in [0.15, 0.2) is 0 Å². The van der Waals surface area contributed by atoms with Crippen LogP contribution in [0.1, 0.15) is 13.3 Å². The maximum atomic E-state index is 11.9. The third-order valence-electron chi connectivity index (χ3n) is 2.46. The van der Waals surface area contributed by atoms with E-state index in [2.05, 4.69) is 15.0 Å². The van der Waals surface area contributed by atoms with Gasteiger partial charge in [-0.1, -0.05) is 6.92 Å². The summed E-state index contributed by atoms with van der Waals surface area (Å²) < 4.78 is 27.4. The van der Waals surface area contributed by atoms with Crippen molar-refractivity contribution in [3.63, 3.8) is 0 Å². The van der Waals surface area contributed by atoms with Crippen LogP contribution in [0.2, 0.25) is 0 Å². The van der Waals surface area contributed by atoms with Crippen molar-refractivity contribution in [2.75, 3.05) is 11.9 Å². The van der Waals surface area contributed by atoms with Gasteiger partial charge in [-0.25, -0.2) is 0 Å². The first-order chi connectivity index (χ1) is 8.94. The van der Waals surface area contributed by atoms with Crippen LogP contribution in [0.15, 0.2) is 27.5 Å². The molecule has 2 N–H and O–H groups in total. The molecule has 0 atom stereocenters. The minimum absolute atomic E-state index is 0.128. The van der Waals surface area contributed by atoms with E-state index in [1.807, 2.05) is 6.92 Å². The van der Waals surface area contributed by atoms with E-state index in [0.717, 1.165) is 12.5 Å². The Morgan fingerprint density at radius 3 is 2.84 bits per heavy atom. The number of non-ortho nitro benzene ring substituents is 1. The molecule has 1 aliphatic rings. The number of nitro benzene ring substituents is 1. The van der Waals surface area contributed by atoms with Gasteiger partial charge in [-0.15, -0.1) is 4.40 Å². The number of hydrogen-bond acceptors (Lipinski definition) is 6. The van der Waals surface area contributed by atoms with Gasteiger partial charge in [-0.3, -0.25) is 10.1 Å². The second kappa shape index (κ2) is 4.84. The van der Waals surface area contributed by atoms with E-state index in [1.54, 1.807) is 0 Å². The Labute approximate surface area is 109 Å². The van der Waals surface area contributed by atoms with Crippen LogP contribution >= 0.6 is 0 Å². The van der Waals surface area contributed by atoms with Gasteiger partial charge in [0.05, 0.1) is 10.6 Å². The van der Waals surface area contributed by atoms with E-state index in [-0.39, 0.29) is 22.2 Å². The monoisotopic (exact) mass is 284 g/mol. The van der Waals surface area contributed by atoms with Crippen LogP contribution in [0.4, 0.5) is 11.4 Å². The predicted octanol–water partition coefficient (Wildman–Crippen LogP) is 1.06. The zero-order valence-electron chi connectivity index (χ0n) is 10.1. The summed E-state index contributed by atoms with van der Waals surface area (Å²) in [6, 6.07) is 3.59. The number of nitrogens with one attached hydrogen (secondary N) is 2. The molecule has 19 heavy (non-hydrogen) atoms. The molecule has 1 aliphatic heterocycles. The fourth-order valence-electron chi connectivity index (χ4n) is 1.58. The zero-order chi connectivity index (χ0) is 14.0. The Morgan fingerprint density at radius 1 is 1.47 bits per heavy atom. The van der Waals surface area contributed by atoms with Crippen LogP contribution in [0.3, 0.4) is 0 Å². The molecule has 0 saturated heterocycles. The molecule has 0 aromatic heterocycles. The molecule has 0 amide bonds. The average Bonchev–Trinajstić information content (AvgIpc) is 2.35. The summed E-state index contributed by atoms with van der Waals surface area (Å²) in [5.74, 6) is 0.128. The van der Waals surface area contributed by atoms with E-state index in [4.69, 9.17) is 0 Å². The normalized spacial score (nSPS) is 15.9. The standard InChI is InChI=1S/C10H12N4O4S/c1-2-5-11-10-12-8-4-3-7(14(15)16)6-9(8)19(17,18)13-10/h3-4,6H,2,5H2,1H3,(H2,11,12,13). The van der Waals surface area contributed by atoms with E-state index in [1.165, 1.54) is 12.1 Å². The van der Waals surface area contributed by atoms with Gasteiger partial charge in [0, 0.05) is 18.7 Å². The quantitative estimate of drug-likeness (QED) is 0.633. The van der Waals surface area contributed by atoms with Crippen LogP contribution in [-0.4, -0.2) is 25.8 Å². The number of rotatable bonds is 3. The summed E-state index contributed by atoms with van der Waals surface area (Å²) in [7, 11) is -3.92. The lowest BCUT2D eigenvalue weighted by molar-refractivity contribution is -0.385. The summed E-state index contributed by atoms with van der Waals surface area (Å²) in [6.07, 6.45) is 0.813. The Hall–Kier alpha value is -2.16. The highest BCUT2D eigenvalue weighted by Crippen LogP contribution is 2.30. The molecule has 1 heterocycles. The third kappa shape index (κ3) is 2.65. The van der Waals surface area contributed by atoms with Gasteiger partial charge < -0.3 is 10.6 Å². The minimum atomic E-state index is -3.92. The number of fused-ring (bicyclic) bond motifs is 1. The predicted molar refractivity (Wildman–Crippen MR) is 69.6 cm³/mol. The molecule has 102 valence electrons. The zero-order valence-corrected chi connectivity index (χ0v) is 10.9. The van der Waals surface area contributed by atoms with Crippen molar-refractivity contribution in [1.82, 2.24) is 5.32 Å². The molecule has 1 aromatic carbocycles. The molecule has 0 fully saturated rings. The number of guanidine groups is 1. The van der Waals surface area contributed by atoms with Crippen molar-refractivity contribution < 1.29 is 13.3 Å². The van der Waals surface area contributed by atoms with Crippen molar-refractivity contribution in [3.8, 4) is 0 Å². The Balaban J connectivity index is 2.43. The summed E-state index contributed by atoms with van der Waals surface area (Å²) in [6.45, 7) is 2.51. The number of nitrogens with zero attached hydrogens (tertiary/aromatic N) is 2. The van der Waals surface area contributed by atoms with E-state index in [0.29, 0.717) is 6.54 Å². The van der Waals surface area contributed by atoms with Crippen LogP contribution in [0, 0.1) is 10.1 Å². The average molecular weight is 284 g/mol. The smallest absolute Gasteiger partial charge is 0.287 e. The van der Waals surface area contributed by atoms with Crippen molar-refractivity contribution in [2.24, 2.45) is 4.40 Å². The molecule has 8 nitrogen and oxygen atoms in total. The fourth-order valence-corrected chi connectivity index (χ4v) is 2.70. The highest BCUT2D eigenvalue weighted by molar-refractivity contribution is 7.90. The van der Waals surface area contributed by atoms with Gasteiger partial charge in [-0.05, 0) is 12.5 Å². The Morgan fingerprint density at radius 2 is 2.21 bits per heavy atom. The largest absolute Gasteiger partial charge is 0.355 e. The van der Waals surface area contributed by atoms with Crippen molar-refractivity contribution in [3.05, 3.63) is 28.3 Å². The first kappa shape index (κ1) is 13.3. The minimum Gasteiger partial charge on any atom is -0.355 e. The van der Waals surface area contributed by atoms with Crippen LogP contribution < -0.4 is 10.6 Å². The number of nitro groups is 1. The van der Waals surface area contributed by atoms with Crippen molar-refractivity contribution >= 4 is 27.4 Å². The molecule has 9 heteroatoms. The van der Waals surface area contributed by atoms with Gasteiger partial charge in [0.25, 0.3) is 15.7 Å². The van der Waals surface area contributed by atoms with Gasteiger partial charge >= 0.3 is 0 Å². The van der Waals surface area contributed by atoms with Crippen molar-refractivity contribution in [1.29, 1.82) is 0 Å². The lowest BCUT2D eigenvalue weighted by Crippen LogP contribution is -2.35. The molecule has 0 radical (unpaired) electrons. The molecule has 0 spiro atoms. The summed E-state index contributed by atoms with van der Waals surface area (Å²) in [4.78, 5) is 9.81. The van der Waals surface area contributed by atoms with Gasteiger partial charge in [0.1, 0.15) is 4.90 Å². The highest BCUT2D eigenvalue weighted by atomic mass is 32.2. The molecule has 1 aromatic rings. The maximum Gasteiger partial charge on any atom is 0.287 e. The van der Waals surface area contributed by atoms with E-state index in [9.17, 15) is 18.5 Å². The molecule has 0 saturated carbocycles. The second-order valence-corrected chi connectivity index (χ2v) is 5.48. The fraction of sp³-hybridized carbons (Fsp3) is 0.300.